The topological polar surface area (TPSA) is 12.9 Å². The number of aryl methyl sites for hydroxylation is 1. The molecule has 2 heteroatoms. The van der Waals surface area contributed by atoms with Crippen molar-refractivity contribution in [1.82, 2.24) is 4.98 Å². The van der Waals surface area contributed by atoms with E-state index < -0.39 is 0 Å². The quantitative estimate of drug-likeness (QED) is 0.687. The Morgan fingerprint density at radius 1 is 1.64 bits per heavy atom. The molecule has 1 nitrogen and oxygen atoms in total. The van der Waals surface area contributed by atoms with Crippen LogP contribution in [0.3, 0.4) is 0 Å². The first-order chi connectivity index (χ1) is 5.24. The van der Waals surface area contributed by atoms with Crippen LogP contribution >= 0.6 is 15.9 Å². The molecular formula is C9H10BrN. The molecule has 58 valence electrons. The molecular weight excluding hydrogens is 202 g/mol. The molecule has 0 saturated carbocycles. The zero-order chi connectivity index (χ0) is 8.27. The van der Waals surface area contributed by atoms with Gasteiger partial charge in [-0.3, -0.25) is 4.98 Å². The first-order valence-corrected chi connectivity index (χ1v) is 4.52. The summed E-state index contributed by atoms with van der Waals surface area (Å²) < 4.78 is 0. The third kappa shape index (κ3) is 2.15. The van der Waals surface area contributed by atoms with Crippen LogP contribution in [0.4, 0.5) is 0 Å². The molecule has 0 saturated heterocycles. The number of nitrogens with zero attached hydrogens (tertiary/aromatic N) is 1. The molecule has 0 fully saturated rings. The second-order valence-electron chi connectivity index (χ2n) is 2.49. The van der Waals surface area contributed by atoms with Gasteiger partial charge in [0.15, 0.2) is 0 Å². The second kappa shape index (κ2) is 3.67. The highest BCUT2D eigenvalue weighted by atomic mass is 79.9. The molecule has 0 aliphatic heterocycles. The van der Waals surface area contributed by atoms with Gasteiger partial charge >= 0.3 is 0 Å². The lowest BCUT2D eigenvalue weighted by atomic mass is 10.1. The van der Waals surface area contributed by atoms with Crippen LogP contribution in [-0.2, 0) is 0 Å². The number of halogens is 1. The maximum Gasteiger partial charge on any atom is 0.0343 e. The van der Waals surface area contributed by atoms with Crippen LogP contribution in [0.5, 0.6) is 0 Å². The van der Waals surface area contributed by atoms with Gasteiger partial charge in [0.25, 0.3) is 0 Å². The van der Waals surface area contributed by atoms with E-state index in [2.05, 4.69) is 33.6 Å². The van der Waals surface area contributed by atoms with E-state index in [1.165, 1.54) is 5.56 Å². The highest BCUT2D eigenvalue weighted by molar-refractivity contribution is 9.09. The van der Waals surface area contributed by atoms with Crippen LogP contribution in [-0.4, -0.2) is 10.3 Å². The van der Waals surface area contributed by atoms with Crippen molar-refractivity contribution in [3.05, 3.63) is 36.2 Å². The van der Waals surface area contributed by atoms with Gasteiger partial charge < -0.3 is 0 Å². The van der Waals surface area contributed by atoms with Crippen LogP contribution in [0.15, 0.2) is 25.0 Å². The lowest BCUT2D eigenvalue weighted by Crippen LogP contribution is -1.86. The van der Waals surface area contributed by atoms with Gasteiger partial charge in [-0.25, -0.2) is 0 Å². The highest BCUT2D eigenvalue weighted by Crippen LogP contribution is 2.13. The van der Waals surface area contributed by atoms with Crippen LogP contribution in [0, 0.1) is 6.92 Å². The number of alkyl halides is 1. The van der Waals surface area contributed by atoms with Crippen molar-refractivity contribution >= 4 is 21.5 Å². The number of aromatic nitrogens is 1. The van der Waals surface area contributed by atoms with Gasteiger partial charge in [-0.2, -0.15) is 0 Å². The van der Waals surface area contributed by atoms with Gasteiger partial charge in [0.2, 0.25) is 0 Å². The Balaban J connectivity index is 2.96. The highest BCUT2D eigenvalue weighted by Gasteiger charge is 1.96. The van der Waals surface area contributed by atoms with Gasteiger partial charge in [0, 0.05) is 17.7 Å². The van der Waals surface area contributed by atoms with Gasteiger partial charge in [0.1, 0.15) is 0 Å². The summed E-state index contributed by atoms with van der Waals surface area (Å²) in [5.74, 6) is 0. The summed E-state index contributed by atoms with van der Waals surface area (Å²) in [6.07, 6.45) is 3.67. The molecule has 0 aliphatic rings. The summed E-state index contributed by atoms with van der Waals surface area (Å²) in [7, 11) is 0. The van der Waals surface area contributed by atoms with Crippen LogP contribution in [0.2, 0.25) is 0 Å². The van der Waals surface area contributed by atoms with Gasteiger partial charge in [0.05, 0.1) is 0 Å². The Bertz CT molecular complexity index is 268. The maximum atomic E-state index is 4.07. The fourth-order valence-corrected chi connectivity index (χ4v) is 1.15. The first kappa shape index (κ1) is 8.47. The molecule has 0 spiro atoms. The van der Waals surface area contributed by atoms with Crippen LogP contribution < -0.4 is 0 Å². The molecule has 1 heterocycles. The Morgan fingerprint density at radius 2 is 2.36 bits per heavy atom. The molecule has 11 heavy (non-hydrogen) atoms. The zero-order valence-corrected chi connectivity index (χ0v) is 8.06. The summed E-state index contributed by atoms with van der Waals surface area (Å²) in [6, 6.07) is 2.08. The largest absolute Gasteiger partial charge is 0.264 e. The Kier molecular flexibility index (Phi) is 2.83. The smallest absolute Gasteiger partial charge is 0.0343 e. The van der Waals surface area contributed by atoms with E-state index in [9.17, 15) is 0 Å². The van der Waals surface area contributed by atoms with Crippen molar-refractivity contribution in [2.24, 2.45) is 0 Å². The molecule has 0 radical (unpaired) electrons. The second-order valence-corrected chi connectivity index (χ2v) is 3.05. The number of allylic oxidation sites excluding steroid dienone is 1. The van der Waals surface area contributed by atoms with Crippen molar-refractivity contribution in [2.75, 3.05) is 5.33 Å². The molecule has 1 aromatic rings. The van der Waals surface area contributed by atoms with Gasteiger partial charge in [-0.05, 0) is 29.7 Å². The summed E-state index contributed by atoms with van der Waals surface area (Å²) in [6.45, 7) is 5.92. The first-order valence-electron chi connectivity index (χ1n) is 3.40. The monoisotopic (exact) mass is 211 g/mol. The van der Waals surface area contributed by atoms with E-state index in [1.54, 1.807) is 0 Å². The number of hydrogen-bond acceptors (Lipinski definition) is 1. The minimum atomic E-state index is 0.804. The van der Waals surface area contributed by atoms with E-state index in [0.717, 1.165) is 16.5 Å². The standard InChI is InChI=1S/C9H10BrN/c1-7-3-9(6-11-5-7)8(2)4-10/h3,5-6H,2,4H2,1H3. The Hall–Kier alpha value is -0.630. The molecule has 0 amide bonds. The van der Waals surface area contributed by atoms with Crippen molar-refractivity contribution < 1.29 is 0 Å². The van der Waals surface area contributed by atoms with Gasteiger partial charge in [-0.1, -0.05) is 22.5 Å². The predicted molar refractivity (Wildman–Crippen MR) is 51.8 cm³/mol. The lowest BCUT2D eigenvalue weighted by Gasteiger charge is -2.00. The lowest BCUT2D eigenvalue weighted by molar-refractivity contribution is 1.25. The minimum Gasteiger partial charge on any atom is -0.264 e. The van der Waals surface area contributed by atoms with E-state index in [1.807, 2.05) is 19.3 Å². The minimum absolute atomic E-state index is 0.804. The zero-order valence-electron chi connectivity index (χ0n) is 6.47. The SMILES string of the molecule is C=C(CBr)c1cncc(C)c1. The van der Waals surface area contributed by atoms with E-state index in [0.29, 0.717) is 0 Å². The average Bonchev–Trinajstić information content (AvgIpc) is 2.03. The van der Waals surface area contributed by atoms with Crippen LogP contribution in [0.1, 0.15) is 11.1 Å². The predicted octanol–water partition coefficient (Wildman–Crippen LogP) is 2.80. The summed E-state index contributed by atoms with van der Waals surface area (Å²) in [4.78, 5) is 4.07. The Morgan fingerprint density at radius 3 is 2.91 bits per heavy atom. The number of rotatable bonds is 2. The molecule has 1 rings (SSSR count). The van der Waals surface area contributed by atoms with Crippen molar-refractivity contribution in [3.63, 3.8) is 0 Å². The third-order valence-electron chi connectivity index (χ3n) is 1.44. The molecule has 0 unspecified atom stereocenters. The molecule has 0 bridgehead atoms. The van der Waals surface area contributed by atoms with Gasteiger partial charge in [-0.15, -0.1) is 0 Å². The fraction of sp³-hybridized carbons (Fsp3) is 0.222. The van der Waals surface area contributed by atoms with E-state index in [4.69, 9.17) is 0 Å². The molecule has 0 N–H and O–H groups in total. The number of pyridine rings is 1. The molecule has 0 aliphatic carbocycles. The summed E-state index contributed by atoms with van der Waals surface area (Å²) in [5, 5.41) is 0.804. The summed E-state index contributed by atoms with van der Waals surface area (Å²) in [5.41, 5.74) is 3.35. The average molecular weight is 212 g/mol. The normalized spacial score (nSPS) is 9.64. The fourth-order valence-electron chi connectivity index (χ4n) is 0.825. The van der Waals surface area contributed by atoms with Crippen LogP contribution in [0.25, 0.3) is 5.57 Å². The summed E-state index contributed by atoms with van der Waals surface area (Å²) >= 11 is 3.35. The number of hydrogen-bond donors (Lipinski definition) is 0. The van der Waals surface area contributed by atoms with Crippen molar-refractivity contribution in [2.45, 2.75) is 6.92 Å². The molecule has 0 atom stereocenters. The Labute approximate surface area is 75.3 Å². The maximum absolute atomic E-state index is 4.07. The van der Waals surface area contributed by atoms with Crippen molar-refractivity contribution in [3.8, 4) is 0 Å². The third-order valence-corrected chi connectivity index (χ3v) is 2.12. The van der Waals surface area contributed by atoms with E-state index in [-0.39, 0.29) is 0 Å². The van der Waals surface area contributed by atoms with Crippen molar-refractivity contribution in [1.29, 1.82) is 0 Å². The van der Waals surface area contributed by atoms with E-state index >= 15 is 0 Å². The molecule has 1 aromatic heterocycles. The molecule has 0 aromatic carbocycles.